The summed E-state index contributed by atoms with van der Waals surface area (Å²) in [6.45, 7) is 0. The number of pyridine rings is 1. The molecule has 2 aromatic carbocycles. The van der Waals surface area contributed by atoms with Crippen LogP contribution < -0.4 is 16.4 Å². The highest BCUT2D eigenvalue weighted by Crippen LogP contribution is 2.33. The largest absolute Gasteiger partial charge is 0.465 e. The standard InChI is InChI=1S/C25H18ClF3N8O2/c1-36(25(38)39)19-8-11(6-7-32-19)20-22(30)33-24(34-23(20)31)37-18-5-2-12(26)9-14(18)17(35-37)10-13-15(27)3-4-16(28)21(13)29/h2-9H,10H2,1H3,(H,38,39)(H4,30,31,33,34). The van der Waals surface area contributed by atoms with Crippen LogP contribution in [0.15, 0.2) is 48.7 Å². The fraction of sp³-hybridized carbons (Fsp3) is 0.0800. The number of benzene rings is 2. The highest BCUT2D eigenvalue weighted by molar-refractivity contribution is 6.31. The highest BCUT2D eigenvalue weighted by Gasteiger charge is 2.22. The van der Waals surface area contributed by atoms with E-state index in [0.717, 1.165) is 11.0 Å². The lowest BCUT2D eigenvalue weighted by Crippen LogP contribution is -2.24. The number of fused-ring (bicyclic) bond motifs is 1. The van der Waals surface area contributed by atoms with E-state index in [2.05, 4.69) is 20.1 Å². The molecule has 39 heavy (non-hydrogen) atoms. The number of anilines is 3. The Bertz CT molecular complexity index is 1760. The molecule has 0 fully saturated rings. The Balaban J connectivity index is 1.62. The van der Waals surface area contributed by atoms with Gasteiger partial charge in [-0.1, -0.05) is 11.6 Å². The molecule has 5 aromatic rings. The van der Waals surface area contributed by atoms with Gasteiger partial charge in [-0.3, -0.25) is 4.90 Å². The van der Waals surface area contributed by atoms with Gasteiger partial charge in [0.25, 0.3) is 5.95 Å². The Morgan fingerprint density at radius 2 is 1.74 bits per heavy atom. The molecule has 0 aliphatic carbocycles. The van der Waals surface area contributed by atoms with E-state index in [9.17, 15) is 23.1 Å². The predicted octanol–water partition coefficient (Wildman–Crippen LogP) is 4.82. The number of nitrogen functional groups attached to an aromatic ring is 2. The molecular weight excluding hydrogens is 537 g/mol. The molecule has 0 saturated heterocycles. The molecule has 0 aliphatic heterocycles. The number of amides is 1. The first-order chi connectivity index (χ1) is 18.5. The van der Waals surface area contributed by atoms with Crippen molar-refractivity contribution in [3.05, 3.63) is 82.4 Å². The van der Waals surface area contributed by atoms with Gasteiger partial charge in [-0.05, 0) is 48.0 Å². The summed E-state index contributed by atoms with van der Waals surface area (Å²) in [6, 6.07) is 9.29. The molecule has 0 bridgehead atoms. The molecule has 3 heterocycles. The minimum atomic E-state index is -1.32. The SMILES string of the molecule is CN(C(=O)O)c1cc(-c2c(N)nc(-n3nc(Cc4c(F)ccc(F)c4F)c4cc(Cl)ccc43)nc2N)ccn1. The molecule has 3 aromatic heterocycles. The lowest BCUT2D eigenvalue weighted by Gasteiger charge is -2.14. The van der Waals surface area contributed by atoms with Gasteiger partial charge >= 0.3 is 6.09 Å². The maximum Gasteiger partial charge on any atom is 0.412 e. The summed E-state index contributed by atoms with van der Waals surface area (Å²) >= 11 is 6.17. The van der Waals surface area contributed by atoms with Crippen LogP contribution in [-0.4, -0.2) is 43.0 Å². The maximum atomic E-state index is 14.4. The number of carbonyl (C=O) groups is 1. The summed E-state index contributed by atoms with van der Waals surface area (Å²) < 4.78 is 43.9. The van der Waals surface area contributed by atoms with Crippen molar-refractivity contribution in [2.75, 3.05) is 23.4 Å². The summed E-state index contributed by atoms with van der Waals surface area (Å²) in [4.78, 5) is 24.9. The topological polar surface area (TPSA) is 149 Å². The van der Waals surface area contributed by atoms with E-state index < -0.39 is 29.1 Å². The van der Waals surface area contributed by atoms with Gasteiger partial charge in [-0.25, -0.2) is 22.9 Å². The van der Waals surface area contributed by atoms with Gasteiger partial charge in [0.1, 0.15) is 23.3 Å². The Morgan fingerprint density at radius 1 is 1.05 bits per heavy atom. The molecule has 0 aliphatic rings. The lowest BCUT2D eigenvalue weighted by atomic mass is 10.1. The van der Waals surface area contributed by atoms with Gasteiger partial charge in [-0.15, -0.1) is 0 Å². The van der Waals surface area contributed by atoms with E-state index in [1.54, 1.807) is 24.3 Å². The van der Waals surface area contributed by atoms with Crippen molar-refractivity contribution in [1.29, 1.82) is 0 Å². The van der Waals surface area contributed by atoms with Crippen LogP contribution >= 0.6 is 11.6 Å². The number of aromatic nitrogens is 5. The fourth-order valence-electron chi connectivity index (χ4n) is 4.06. The van der Waals surface area contributed by atoms with Crippen molar-refractivity contribution >= 4 is 46.1 Å². The smallest absolute Gasteiger partial charge is 0.412 e. The van der Waals surface area contributed by atoms with E-state index in [1.165, 1.54) is 24.0 Å². The molecule has 1 amide bonds. The summed E-state index contributed by atoms with van der Waals surface area (Å²) in [5.41, 5.74) is 13.3. The lowest BCUT2D eigenvalue weighted by molar-refractivity contribution is 0.203. The number of rotatable bonds is 5. The van der Waals surface area contributed by atoms with Gasteiger partial charge < -0.3 is 16.6 Å². The van der Waals surface area contributed by atoms with Crippen LogP contribution in [0, 0.1) is 17.5 Å². The van der Waals surface area contributed by atoms with Crippen LogP contribution in [0.3, 0.4) is 0 Å². The van der Waals surface area contributed by atoms with Crippen molar-refractivity contribution < 1.29 is 23.1 Å². The molecule has 0 spiro atoms. The average molecular weight is 555 g/mol. The van der Waals surface area contributed by atoms with Crippen molar-refractivity contribution in [3.8, 4) is 17.1 Å². The third kappa shape index (κ3) is 4.63. The molecule has 5 N–H and O–H groups in total. The number of hydrogen-bond acceptors (Lipinski definition) is 7. The van der Waals surface area contributed by atoms with Crippen LogP contribution in [0.1, 0.15) is 11.3 Å². The molecule has 0 atom stereocenters. The summed E-state index contributed by atoms with van der Waals surface area (Å²) in [5, 5.41) is 14.4. The zero-order chi connectivity index (χ0) is 28.0. The molecule has 14 heteroatoms. The second kappa shape index (κ2) is 9.76. The number of hydrogen-bond donors (Lipinski definition) is 3. The first kappa shape index (κ1) is 25.7. The molecular formula is C25H18ClF3N8O2. The Morgan fingerprint density at radius 3 is 2.44 bits per heavy atom. The summed E-state index contributed by atoms with van der Waals surface area (Å²) in [5.74, 6) is -3.47. The normalized spacial score (nSPS) is 11.2. The zero-order valence-electron chi connectivity index (χ0n) is 20.0. The van der Waals surface area contributed by atoms with Crippen LogP contribution in [-0.2, 0) is 6.42 Å². The van der Waals surface area contributed by atoms with Gasteiger partial charge in [0.15, 0.2) is 11.6 Å². The molecule has 0 unspecified atom stereocenters. The minimum Gasteiger partial charge on any atom is -0.465 e. The average Bonchev–Trinajstić information content (AvgIpc) is 3.25. The fourth-order valence-corrected chi connectivity index (χ4v) is 4.24. The first-order valence-electron chi connectivity index (χ1n) is 11.2. The van der Waals surface area contributed by atoms with Crippen LogP contribution in [0.2, 0.25) is 5.02 Å². The number of halogens is 4. The monoisotopic (exact) mass is 554 g/mol. The molecule has 0 saturated carbocycles. The number of nitrogens with two attached hydrogens (primary N) is 2. The third-order valence-corrected chi connectivity index (χ3v) is 6.24. The number of carboxylic acid groups (broad SMARTS) is 1. The molecule has 10 nitrogen and oxygen atoms in total. The van der Waals surface area contributed by atoms with Gasteiger partial charge in [-0.2, -0.15) is 19.7 Å². The van der Waals surface area contributed by atoms with E-state index in [1.807, 2.05) is 0 Å². The van der Waals surface area contributed by atoms with Crippen molar-refractivity contribution in [1.82, 2.24) is 24.7 Å². The quantitative estimate of drug-likeness (QED) is 0.262. The van der Waals surface area contributed by atoms with Gasteiger partial charge in [0.2, 0.25) is 0 Å². The van der Waals surface area contributed by atoms with Crippen molar-refractivity contribution in [2.45, 2.75) is 6.42 Å². The second-order valence-electron chi connectivity index (χ2n) is 8.43. The highest BCUT2D eigenvalue weighted by atomic mass is 35.5. The van der Waals surface area contributed by atoms with E-state index in [4.69, 9.17) is 23.1 Å². The van der Waals surface area contributed by atoms with Crippen LogP contribution in [0.5, 0.6) is 0 Å². The van der Waals surface area contributed by atoms with E-state index in [0.29, 0.717) is 27.6 Å². The Hall–Kier alpha value is -4.91. The minimum absolute atomic E-state index is 0.0472. The van der Waals surface area contributed by atoms with E-state index in [-0.39, 0.29) is 41.1 Å². The van der Waals surface area contributed by atoms with E-state index >= 15 is 0 Å². The predicted molar refractivity (Wildman–Crippen MR) is 139 cm³/mol. The Kier molecular flexibility index (Phi) is 6.44. The molecule has 198 valence electrons. The van der Waals surface area contributed by atoms with Gasteiger partial charge in [0.05, 0.1) is 16.8 Å². The maximum absolute atomic E-state index is 14.4. The van der Waals surface area contributed by atoms with Gasteiger partial charge in [0, 0.05) is 35.6 Å². The third-order valence-electron chi connectivity index (χ3n) is 6.01. The first-order valence-corrected chi connectivity index (χ1v) is 11.6. The zero-order valence-corrected chi connectivity index (χ0v) is 20.8. The molecule has 5 rings (SSSR count). The summed E-state index contributed by atoms with van der Waals surface area (Å²) in [6.07, 6.45) is -0.218. The molecule has 0 radical (unpaired) electrons. The second-order valence-corrected chi connectivity index (χ2v) is 8.87. The van der Waals surface area contributed by atoms with Crippen LogP contribution in [0.4, 0.5) is 35.4 Å². The van der Waals surface area contributed by atoms with Crippen molar-refractivity contribution in [2.24, 2.45) is 0 Å². The summed E-state index contributed by atoms with van der Waals surface area (Å²) in [7, 11) is 1.33. The Labute approximate surface area is 223 Å². The number of nitrogens with zero attached hydrogens (tertiary/aromatic N) is 6. The van der Waals surface area contributed by atoms with Crippen molar-refractivity contribution in [3.63, 3.8) is 0 Å². The van der Waals surface area contributed by atoms with Crippen LogP contribution in [0.25, 0.3) is 28.0 Å².